The topological polar surface area (TPSA) is 53.3 Å². The highest BCUT2D eigenvalue weighted by Gasteiger charge is 2.29. The van der Waals surface area contributed by atoms with Crippen LogP contribution >= 0.6 is 11.6 Å². The zero-order chi connectivity index (χ0) is 14.5. The van der Waals surface area contributed by atoms with E-state index in [-0.39, 0.29) is 12.0 Å². The number of ether oxygens (including phenoxy) is 1. The van der Waals surface area contributed by atoms with E-state index in [1.54, 1.807) is 12.1 Å². The Morgan fingerprint density at radius 3 is 3.00 bits per heavy atom. The number of carbonyl (C=O) groups excluding carboxylic acids is 1. The summed E-state index contributed by atoms with van der Waals surface area (Å²) in [6.45, 7) is 1.46. The highest BCUT2D eigenvalue weighted by Crippen LogP contribution is 2.24. The fourth-order valence-corrected chi connectivity index (χ4v) is 2.79. The highest BCUT2D eigenvalue weighted by molar-refractivity contribution is 6.31. The summed E-state index contributed by atoms with van der Waals surface area (Å²) in [5.41, 5.74) is 1.48. The first-order valence-corrected chi connectivity index (χ1v) is 7.04. The molecular formula is C15H17ClN2O2. The van der Waals surface area contributed by atoms with E-state index in [0.29, 0.717) is 17.1 Å². The maximum Gasteiger partial charge on any atom is 0.323 e. The lowest BCUT2D eigenvalue weighted by molar-refractivity contribution is -0.148. The number of methoxy groups -OCH3 is 1. The molecule has 1 fully saturated rings. The Bertz CT molecular complexity index is 539. The molecule has 0 spiro atoms. The molecule has 1 heterocycles. The zero-order valence-electron chi connectivity index (χ0n) is 11.4. The third-order valence-corrected chi connectivity index (χ3v) is 3.99. The van der Waals surface area contributed by atoms with E-state index in [9.17, 15) is 4.79 Å². The summed E-state index contributed by atoms with van der Waals surface area (Å²) >= 11 is 6.19. The first-order chi connectivity index (χ1) is 9.65. The molecule has 1 aromatic carbocycles. The first-order valence-electron chi connectivity index (χ1n) is 6.66. The van der Waals surface area contributed by atoms with Crippen molar-refractivity contribution in [2.24, 2.45) is 0 Å². The minimum Gasteiger partial charge on any atom is -0.468 e. The molecule has 1 atom stereocenters. The molecule has 0 aliphatic carbocycles. The lowest BCUT2D eigenvalue weighted by Gasteiger charge is -2.33. The second-order valence-corrected chi connectivity index (χ2v) is 5.33. The average molecular weight is 293 g/mol. The third kappa shape index (κ3) is 3.30. The Balaban J connectivity index is 2.15. The van der Waals surface area contributed by atoms with Gasteiger partial charge in [-0.1, -0.05) is 24.1 Å². The van der Waals surface area contributed by atoms with Gasteiger partial charge in [0.15, 0.2) is 0 Å². The van der Waals surface area contributed by atoms with Gasteiger partial charge >= 0.3 is 5.97 Å². The minimum absolute atomic E-state index is 0.186. The van der Waals surface area contributed by atoms with Crippen molar-refractivity contribution >= 4 is 17.6 Å². The van der Waals surface area contributed by atoms with Gasteiger partial charge in [-0.05, 0) is 37.1 Å². The first kappa shape index (κ1) is 14.8. The van der Waals surface area contributed by atoms with Gasteiger partial charge in [0.05, 0.1) is 18.7 Å². The van der Waals surface area contributed by atoms with Crippen LogP contribution in [-0.2, 0) is 16.1 Å². The van der Waals surface area contributed by atoms with Gasteiger partial charge in [0.2, 0.25) is 0 Å². The number of rotatable bonds is 3. The normalized spacial score (nSPS) is 19.4. The Morgan fingerprint density at radius 1 is 1.55 bits per heavy atom. The van der Waals surface area contributed by atoms with Gasteiger partial charge in [0.1, 0.15) is 6.04 Å². The molecule has 106 valence electrons. The predicted molar refractivity (Wildman–Crippen MR) is 76.2 cm³/mol. The summed E-state index contributed by atoms with van der Waals surface area (Å²) in [5.74, 6) is -0.186. The van der Waals surface area contributed by atoms with Crippen LogP contribution in [0.25, 0.3) is 0 Å². The molecule has 1 aliphatic rings. The second-order valence-electron chi connectivity index (χ2n) is 4.92. The lowest BCUT2D eigenvalue weighted by Crippen LogP contribution is -2.44. The Labute approximate surface area is 123 Å². The molecular weight excluding hydrogens is 276 g/mol. The quantitative estimate of drug-likeness (QED) is 0.804. The second kappa shape index (κ2) is 6.74. The number of hydrogen-bond donors (Lipinski definition) is 0. The molecule has 0 unspecified atom stereocenters. The smallest absolute Gasteiger partial charge is 0.323 e. The zero-order valence-corrected chi connectivity index (χ0v) is 12.2. The van der Waals surface area contributed by atoms with E-state index in [2.05, 4.69) is 11.0 Å². The van der Waals surface area contributed by atoms with Gasteiger partial charge in [-0.2, -0.15) is 5.26 Å². The number of benzene rings is 1. The van der Waals surface area contributed by atoms with E-state index in [1.807, 2.05) is 6.07 Å². The number of nitriles is 1. The van der Waals surface area contributed by atoms with E-state index in [1.165, 1.54) is 7.11 Å². The highest BCUT2D eigenvalue weighted by atomic mass is 35.5. The van der Waals surface area contributed by atoms with Crippen molar-refractivity contribution in [1.82, 2.24) is 4.90 Å². The van der Waals surface area contributed by atoms with Crippen LogP contribution in [0.5, 0.6) is 0 Å². The Morgan fingerprint density at radius 2 is 2.35 bits per heavy atom. The van der Waals surface area contributed by atoms with E-state index in [4.69, 9.17) is 21.6 Å². The number of nitrogens with zero attached hydrogens (tertiary/aromatic N) is 2. The van der Waals surface area contributed by atoms with Crippen LogP contribution < -0.4 is 0 Å². The van der Waals surface area contributed by atoms with Crippen molar-refractivity contribution in [2.75, 3.05) is 13.7 Å². The Kier molecular flexibility index (Phi) is 4.99. The fourth-order valence-electron chi connectivity index (χ4n) is 2.55. The summed E-state index contributed by atoms with van der Waals surface area (Å²) in [5, 5.41) is 9.41. The largest absolute Gasteiger partial charge is 0.468 e. The fraction of sp³-hybridized carbons (Fsp3) is 0.467. The molecule has 4 nitrogen and oxygen atoms in total. The summed E-state index contributed by atoms with van der Waals surface area (Å²) in [6.07, 6.45) is 2.93. The predicted octanol–water partition coefficient (Wildman–Crippen LogP) is 2.74. The maximum atomic E-state index is 11.8. The summed E-state index contributed by atoms with van der Waals surface area (Å²) in [4.78, 5) is 13.9. The molecule has 0 saturated carbocycles. The number of halogens is 1. The van der Waals surface area contributed by atoms with Gasteiger partial charge in [-0.15, -0.1) is 0 Å². The lowest BCUT2D eigenvalue weighted by atomic mass is 10.0. The third-order valence-electron chi connectivity index (χ3n) is 3.64. The molecule has 0 aromatic heterocycles. The number of hydrogen-bond acceptors (Lipinski definition) is 4. The molecule has 20 heavy (non-hydrogen) atoms. The van der Waals surface area contributed by atoms with E-state index >= 15 is 0 Å². The molecule has 5 heteroatoms. The summed E-state index contributed by atoms with van der Waals surface area (Å²) in [7, 11) is 1.42. The number of piperidine rings is 1. The molecule has 1 saturated heterocycles. The van der Waals surface area contributed by atoms with Gasteiger partial charge in [0, 0.05) is 11.6 Å². The van der Waals surface area contributed by atoms with Gasteiger partial charge in [-0.25, -0.2) is 0 Å². The monoisotopic (exact) mass is 292 g/mol. The molecule has 0 N–H and O–H groups in total. The number of likely N-dealkylation sites (tertiary alicyclic amines) is 1. The van der Waals surface area contributed by atoms with E-state index in [0.717, 1.165) is 31.4 Å². The molecule has 1 aromatic rings. The Hall–Kier alpha value is -1.57. The van der Waals surface area contributed by atoms with E-state index < -0.39 is 0 Å². The number of carbonyl (C=O) groups is 1. The molecule has 0 bridgehead atoms. The maximum absolute atomic E-state index is 11.8. The summed E-state index contributed by atoms with van der Waals surface area (Å²) in [6, 6.07) is 7.13. The molecule has 0 radical (unpaired) electrons. The molecule has 2 rings (SSSR count). The molecule has 1 aliphatic heterocycles. The van der Waals surface area contributed by atoms with Gasteiger partial charge < -0.3 is 4.74 Å². The number of esters is 1. The van der Waals surface area contributed by atoms with Crippen LogP contribution in [0, 0.1) is 11.3 Å². The minimum atomic E-state index is -0.194. The van der Waals surface area contributed by atoms with Crippen LogP contribution in [0.2, 0.25) is 5.02 Å². The van der Waals surface area contributed by atoms with Crippen LogP contribution in [0.1, 0.15) is 30.4 Å². The van der Waals surface area contributed by atoms with Crippen LogP contribution in [0.4, 0.5) is 0 Å². The van der Waals surface area contributed by atoms with Crippen LogP contribution in [-0.4, -0.2) is 30.6 Å². The van der Waals surface area contributed by atoms with Crippen molar-refractivity contribution in [3.63, 3.8) is 0 Å². The van der Waals surface area contributed by atoms with Crippen molar-refractivity contribution in [2.45, 2.75) is 31.8 Å². The standard InChI is InChI=1S/C15H17ClN2O2/c1-20-15(19)14-4-2-3-7-18(14)10-12-6-5-11(9-17)8-13(12)16/h5-6,8,14H,2-4,7,10H2,1H3/t14-/m1/s1. The average Bonchev–Trinajstić information content (AvgIpc) is 2.49. The van der Waals surface area contributed by atoms with Crippen LogP contribution in [0.3, 0.4) is 0 Å². The van der Waals surface area contributed by atoms with Crippen molar-refractivity contribution < 1.29 is 9.53 Å². The van der Waals surface area contributed by atoms with Crippen molar-refractivity contribution in [3.05, 3.63) is 34.3 Å². The molecule has 0 amide bonds. The van der Waals surface area contributed by atoms with Crippen molar-refractivity contribution in [1.29, 1.82) is 5.26 Å². The summed E-state index contributed by atoms with van der Waals surface area (Å²) < 4.78 is 4.87. The van der Waals surface area contributed by atoms with Gasteiger partial charge in [-0.3, -0.25) is 9.69 Å². The van der Waals surface area contributed by atoms with Crippen molar-refractivity contribution in [3.8, 4) is 6.07 Å². The SMILES string of the molecule is COC(=O)[C@H]1CCCCN1Cc1ccc(C#N)cc1Cl. The van der Waals surface area contributed by atoms with Gasteiger partial charge in [0.25, 0.3) is 0 Å². The van der Waals surface area contributed by atoms with Crippen LogP contribution in [0.15, 0.2) is 18.2 Å².